The van der Waals surface area contributed by atoms with Gasteiger partial charge in [-0.25, -0.2) is 0 Å². The third-order valence-corrected chi connectivity index (χ3v) is 2.05. The Hall–Kier alpha value is -1.37. The van der Waals surface area contributed by atoms with Crippen LogP contribution in [0.1, 0.15) is 17.0 Å². The smallest absolute Gasteiger partial charge is 0.0391 e. The molecule has 1 atom stereocenters. The number of allylic oxidation sites excluding steroid dienone is 1. The van der Waals surface area contributed by atoms with Crippen molar-refractivity contribution < 1.29 is 0 Å². The summed E-state index contributed by atoms with van der Waals surface area (Å²) in [5.74, 6) is 0.393. The Morgan fingerprint density at radius 1 is 1.33 bits per heavy atom. The second-order valence-electron chi connectivity index (χ2n) is 3.08. The van der Waals surface area contributed by atoms with Crippen LogP contribution in [0.2, 0.25) is 0 Å². The molecule has 1 nitrogen and oxygen atoms in total. The Labute approximate surface area is 72.5 Å². The number of rotatable bonds is 1. The molecule has 0 fully saturated rings. The summed E-state index contributed by atoms with van der Waals surface area (Å²) >= 11 is 0. The lowest BCUT2D eigenvalue weighted by molar-refractivity contribution is 1.18. The molecule has 12 heavy (non-hydrogen) atoms. The van der Waals surface area contributed by atoms with Gasteiger partial charge in [-0.05, 0) is 12.5 Å². The zero-order valence-electron chi connectivity index (χ0n) is 7.07. The molecule has 0 bridgehead atoms. The maximum absolute atomic E-state index is 4.07. The van der Waals surface area contributed by atoms with Crippen LogP contribution in [0.15, 0.2) is 41.5 Å². The molecule has 0 saturated carbocycles. The lowest BCUT2D eigenvalue weighted by atomic mass is 10.00. The Kier molecular flexibility index (Phi) is 1.78. The van der Waals surface area contributed by atoms with E-state index in [0.717, 1.165) is 0 Å². The summed E-state index contributed by atoms with van der Waals surface area (Å²) in [4.78, 5) is 4.07. The van der Waals surface area contributed by atoms with E-state index in [9.17, 15) is 0 Å². The zero-order chi connectivity index (χ0) is 8.39. The van der Waals surface area contributed by atoms with Gasteiger partial charge in [-0.2, -0.15) is 0 Å². The first kappa shape index (κ1) is 7.29. The first-order valence-electron chi connectivity index (χ1n) is 4.13. The van der Waals surface area contributed by atoms with Gasteiger partial charge >= 0.3 is 0 Å². The van der Waals surface area contributed by atoms with Crippen LogP contribution in [0.4, 0.5) is 0 Å². The fourth-order valence-electron chi connectivity index (χ4n) is 1.41. The van der Waals surface area contributed by atoms with Crippen molar-refractivity contribution >= 4 is 6.21 Å². The van der Waals surface area contributed by atoms with Gasteiger partial charge in [-0.1, -0.05) is 35.9 Å². The first-order valence-corrected chi connectivity index (χ1v) is 4.13. The third kappa shape index (κ3) is 1.30. The molecule has 0 aromatic heterocycles. The van der Waals surface area contributed by atoms with Crippen LogP contribution in [0, 0.1) is 6.92 Å². The van der Waals surface area contributed by atoms with E-state index in [1.54, 1.807) is 0 Å². The van der Waals surface area contributed by atoms with Crippen LogP contribution >= 0.6 is 0 Å². The van der Waals surface area contributed by atoms with Gasteiger partial charge in [0.1, 0.15) is 0 Å². The minimum Gasteiger partial charge on any atom is -0.268 e. The molecule has 2 rings (SSSR count). The molecule has 1 aliphatic rings. The van der Waals surface area contributed by atoms with E-state index in [4.69, 9.17) is 0 Å². The molecular formula is C11H11N. The summed E-state index contributed by atoms with van der Waals surface area (Å²) in [6.07, 6.45) is 5.93. The predicted octanol–water partition coefficient (Wildman–Crippen LogP) is 2.68. The lowest BCUT2D eigenvalue weighted by Crippen LogP contribution is -1.93. The molecule has 0 N–H and O–H groups in total. The molecule has 1 heteroatoms. The molecule has 1 aliphatic heterocycles. The highest BCUT2D eigenvalue weighted by molar-refractivity contribution is 5.73. The van der Waals surface area contributed by atoms with Crippen molar-refractivity contribution in [2.24, 2.45) is 4.99 Å². The molecule has 1 aromatic carbocycles. The summed E-state index contributed by atoms with van der Waals surface area (Å²) in [7, 11) is 0. The van der Waals surface area contributed by atoms with Crippen molar-refractivity contribution in [3.05, 3.63) is 47.7 Å². The Bertz CT molecular complexity index is 325. The van der Waals surface area contributed by atoms with Gasteiger partial charge in [-0.15, -0.1) is 0 Å². The lowest BCUT2D eigenvalue weighted by Gasteiger charge is -2.04. The second-order valence-corrected chi connectivity index (χ2v) is 3.08. The standard InChI is InChI=1S/C11H11N/c1-9-3-2-4-10(7-9)11-5-6-12-8-11/h2-8,11H,1H3. The Balaban J connectivity index is 2.34. The maximum Gasteiger partial charge on any atom is 0.0391 e. The van der Waals surface area contributed by atoms with E-state index in [1.807, 2.05) is 12.4 Å². The van der Waals surface area contributed by atoms with E-state index < -0.39 is 0 Å². The molecule has 0 saturated heterocycles. The monoisotopic (exact) mass is 157 g/mol. The van der Waals surface area contributed by atoms with Gasteiger partial charge in [0.25, 0.3) is 0 Å². The van der Waals surface area contributed by atoms with Crippen LogP contribution in [0.3, 0.4) is 0 Å². The minimum atomic E-state index is 0.393. The highest BCUT2D eigenvalue weighted by Crippen LogP contribution is 2.19. The van der Waals surface area contributed by atoms with Crippen molar-refractivity contribution in [2.45, 2.75) is 12.8 Å². The Morgan fingerprint density at radius 2 is 2.25 bits per heavy atom. The maximum atomic E-state index is 4.07. The van der Waals surface area contributed by atoms with E-state index in [1.165, 1.54) is 11.1 Å². The van der Waals surface area contributed by atoms with Gasteiger partial charge < -0.3 is 0 Å². The van der Waals surface area contributed by atoms with Crippen LogP contribution in [0.5, 0.6) is 0 Å². The van der Waals surface area contributed by atoms with Crippen LogP contribution in [-0.2, 0) is 0 Å². The number of aryl methyl sites for hydroxylation is 1. The molecule has 0 radical (unpaired) electrons. The number of nitrogens with zero attached hydrogens (tertiary/aromatic N) is 1. The second kappa shape index (κ2) is 2.94. The van der Waals surface area contributed by atoms with Gasteiger partial charge in [0, 0.05) is 18.3 Å². The molecule has 0 aliphatic carbocycles. The summed E-state index contributed by atoms with van der Waals surface area (Å²) in [6, 6.07) is 8.54. The normalized spacial score (nSPS) is 20.2. The summed E-state index contributed by atoms with van der Waals surface area (Å²) in [5.41, 5.74) is 2.63. The number of benzene rings is 1. The van der Waals surface area contributed by atoms with Crippen molar-refractivity contribution in [2.75, 3.05) is 0 Å². The van der Waals surface area contributed by atoms with Crippen LogP contribution < -0.4 is 0 Å². The fourth-order valence-corrected chi connectivity index (χ4v) is 1.41. The van der Waals surface area contributed by atoms with Crippen molar-refractivity contribution in [3.8, 4) is 0 Å². The van der Waals surface area contributed by atoms with Gasteiger partial charge in [0.2, 0.25) is 0 Å². The summed E-state index contributed by atoms with van der Waals surface area (Å²) in [5, 5.41) is 0. The van der Waals surface area contributed by atoms with E-state index in [-0.39, 0.29) is 0 Å². The van der Waals surface area contributed by atoms with Gasteiger partial charge in [0.15, 0.2) is 0 Å². The molecule has 1 aromatic rings. The first-order chi connectivity index (χ1) is 5.86. The molecular weight excluding hydrogens is 146 g/mol. The highest BCUT2D eigenvalue weighted by Gasteiger charge is 2.06. The average molecular weight is 157 g/mol. The van der Waals surface area contributed by atoms with Crippen molar-refractivity contribution in [1.29, 1.82) is 0 Å². The van der Waals surface area contributed by atoms with E-state index in [0.29, 0.717) is 5.92 Å². The Morgan fingerprint density at radius 3 is 2.92 bits per heavy atom. The van der Waals surface area contributed by atoms with Gasteiger partial charge in [0.05, 0.1) is 0 Å². The predicted molar refractivity (Wildman–Crippen MR) is 51.6 cm³/mol. The quantitative estimate of drug-likeness (QED) is 0.594. The van der Waals surface area contributed by atoms with E-state index in [2.05, 4.69) is 42.3 Å². The molecule has 0 spiro atoms. The SMILES string of the molecule is Cc1cccc(C2C=CN=C2)c1. The highest BCUT2D eigenvalue weighted by atomic mass is 14.7. The largest absolute Gasteiger partial charge is 0.268 e. The zero-order valence-corrected chi connectivity index (χ0v) is 7.07. The van der Waals surface area contributed by atoms with Crippen molar-refractivity contribution in [3.63, 3.8) is 0 Å². The van der Waals surface area contributed by atoms with Crippen LogP contribution in [0.25, 0.3) is 0 Å². The molecule has 60 valence electrons. The summed E-state index contributed by atoms with van der Waals surface area (Å²) in [6.45, 7) is 2.11. The average Bonchev–Trinajstić information content (AvgIpc) is 2.56. The van der Waals surface area contributed by atoms with E-state index >= 15 is 0 Å². The van der Waals surface area contributed by atoms with Crippen molar-refractivity contribution in [1.82, 2.24) is 0 Å². The molecule has 1 unspecified atom stereocenters. The minimum absolute atomic E-state index is 0.393. The number of aliphatic imine (C=N–C) groups is 1. The topological polar surface area (TPSA) is 12.4 Å². The molecule has 1 heterocycles. The van der Waals surface area contributed by atoms with Crippen LogP contribution in [-0.4, -0.2) is 6.21 Å². The fraction of sp³-hybridized carbons (Fsp3) is 0.182. The number of hydrogen-bond acceptors (Lipinski definition) is 1. The molecule has 0 amide bonds. The van der Waals surface area contributed by atoms with Gasteiger partial charge in [-0.3, -0.25) is 4.99 Å². The number of hydrogen-bond donors (Lipinski definition) is 0. The summed E-state index contributed by atoms with van der Waals surface area (Å²) < 4.78 is 0. The third-order valence-electron chi connectivity index (χ3n) is 2.05.